The van der Waals surface area contributed by atoms with Crippen molar-refractivity contribution in [3.8, 4) is 11.1 Å². The van der Waals surface area contributed by atoms with Gasteiger partial charge in [0.05, 0.1) is 20.3 Å². The van der Waals surface area contributed by atoms with Crippen molar-refractivity contribution < 1.29 is 20.2 Å². The first-order valence-corrected chi connectivity index (χ1v) is 4.22. The molecular formula is C14H12O. The second kappa shape index (κ2) is 3.21. The number of hydrogen-bond donors (Lipinski definition) is 1. The van der Waals surface area contributed by atoms with Crippen LogP contribution in [0.5, 0.6) is 0 Å². The van der Waals surface area contributed by atoms with E-state index in [9.17, 15) is 5.11 Å². The Balaban J connectivity index is 2.71. The van der Waals surface area contributed by atoms with Crippen LogP contribution >= 0.6 is 0 Å². The highest BCUT2D eigenvalue weighted by Gasteiger charge is 2.26. The smallest absolute Gasteiger partial charge is 0.0629 e. The summed E-state index contributed by atoms with van der Waals surface area (Å²) < 4.78 is 87.5. The first-order chi connectivity index (χ1) is 11.8. The minimum absolute atomic E-state index is 0.397. The second-order valence-corrected chi connectivity index (χ2v) is 2.99. The molecule has 3 rings (SSSR count). The van der Waals surface area contributed by atoms with Crippen LogP contribution in [-0.2, 0) is 0 Å². The molecule has 0 unspecified atom stereocenters. The van der Waals surface area contributed by atoms with E-state index in [1.54, 1.807) is 0 Å². The Morgan fingerprint density at radius 1 is 1.07 bits per heavy atom. The fourth-order valence-corrected chi connectivity index (χ4v) is 1.61. The van der Waals surface area contributed by atoms with Crippen molar-refractivity contribution >= 4 is 0 Å². The van der Waals surface area contributed by atoms with Crippen LogP contribution in [-0.4, -0.2) is 11.7 Å². The van der Waals surface area contributed by atoms with Crippen LogP contribution in [0.25, 0.3) is 11.1 Å². The lowest BCUT2D eigenvalue weighted by Gasteiger charge is -2.08. The monoisotopic (exact) mass is 207 g/mol. The van der Waals surface area contributed by atoms with Crippen molar-refractivity contribution in [2.24, 2.45) is 0 Å². The summed E-state index contributed by atoms with van der Waals surface area (Å²) in [6.07, 6.45) is 0. The van der Waals surface area contributed by atoms with Crippen LogP contribution in [0, 0.1) is 0 Å². The number of benzene rings is 2. The van der Waals surface area contributed by atoms with E-state index >= 15 is 0 Å². The van der Waals surface area contributed by atoms with Crippen LogP contribution < -0.4 is 0 Å². The number of hydrogen-bond acceptors (Lipinski definition) is 1. The lowest BCUT2D eigenvalue weighted by molar-refractivity contribution is 0.282. The molecule has 0 bridgehead atoms. The van der Waals surface area contributed by atoms with Crippen LogP contribution in [0.15, 0.2) is 48.3 Å². The van der Waals surface area contributed by atoms with Crippen molar-refractivity contribution in [1.82, 2.24) is 0 Å². The molecule has 0 heterocycles. The maximum Gasteiger partial charge on any atom is 0.0629 e. The van der Waals surface area contributed by atoms with Gasteiger partial charge in [0.1, 0.15) is 0 Å². The fraction of sp³-hybridized carbons (Fsp3) is 0.143. The highest BCUT2D eigenvalue weighted by atomic mass is 16.3. The van der Waals surface area contributed by atoms with Gasteiger partial charge in [0.2, 0.25) is 0 Å². The third-order valence-electron chi connectivity index (χ3n) is 2.24. The minimum Gasteiger partial charge on any atom is -0.395 e. The lowest BCUT2D eigenvalue weighted by Crippen LogP contribution is -2.01. The summed E-state index contributed by atoms with van der Waals surface area (Å²) in [7, 11) is 0. The maximum absolute atomic E-state index is 10.1. The van der Waals surface area contributed by atoms with Crippen LogP contribution in [0.3, 0.4) is 0 Å². The predicted molar refractivity (Wildman–Crippen MR) is 60.8 cm³/mol. The molecule has 15 heavy (non-hydrogen) atoms. The van der Waals surface area contributed by atoms with Gasteiger partial charge in [-0.15, -0.1) is 0 Å². The standard InChI is InChI=1S/C14H12O/c15-9-14-12-7-3-1-5-10(12)11-6-2-4-8-13(11)14/h1-8,14-15H,9H2/i1D,2D,3D,4D,5D,6D,7D,8D,9D2,14D. The zero-order chi connectivity index (χ0) is 19.9. The zero-order valence-electron chi connectivity index (χ0n) is 18.4. The molecule has 0 amide bonds. The van der Waals surface area contributed by atoms with Gasteiger partial charge in [0, 0.05) is 7.26 Å². The van der Waals surface area contributed by atoms with Crippen molar-refractivity contribution in [1.29, 1.82) is 0 Å². The van der Waals surface area contributed by atoms with Gasteiger partial charge in [-0.3, -0.25) is 0 Å². The number of aliphatic hydroxyl groups is 1. The summed E-state index contributed by atoms with van der Waals surface area (Å²) in [6, 6.07) is -5.75. The van der Waals surface area contributed by atoms with E-state index in [1.165, 1.54) is 0 Å². The normalized spacial score (nSPS) is 27.1. The van der Waals surface area contributed by atoms with E-state index in [1.807, 2.05) is 0 Å². The Kier molecular flexibility index (Phi) is 0.633. The Bertz CT molecular complexity index is 907. The summed E-state index contributed by atoms with van der Waals surface area (Å²) >= 11 is 0. The second-order valence-electron chi connectivity index (χ2n) is 2.99. The number of rotatable bonds is 1. The SMILES string of the molecule is [2H]c1c([2H])c([2H])c2c(c1[2H])-c1c([2H])c([2H])c([2H])c([2H])c1C2([2H])C([2H])([2H])O. The molecule has 0 radical (unpaired) electrons. The van der Waals surface area contributed by atoms with Crippen molar-refractivity contribution in [2.75, 3.05) is 6.56 Å². The van der Waals surface area contributed by atoms with Crippen molar-refractivity contribution in [3.05, 3.63) is 59.5 Å². The van der Waals surface area contributed by atoms with Crippen LogP contribution in [0.1, 0.15) is 32.1 Å². The van der Waals surface area contributed by atoms with Crippen molar-refractivity contribution in [3.63, 3.8) is 0 Å². The van der Waals surface area contributed by atoms with Gasteiger partial charge in [-0.1, -0.05) is 48.3 Å². The average molecular weight is 207 g/mol. The van der Waals surface area contributed by atoms with Crippen LogP contribution in [0.2, 0.25) is 0 Å². The molecule has 0 fully saturated rings. The van der Waals surface area contributed by atoms with Gasteiger partial charge in [-0.25, -0.2) is 0 Å². The van der Waals surface area contributed by atoms with E-state index in [-0.39, 0.29) is 0 Å². The molecule has 2 aromatic rings. The first kappa shape index (κ1) is 2.96. The Morgan fingerprint density at radius 3 is 2.00 bits per heavy atom. The topological polar surface area (TPSA) is 20.2 Å². The lowest BCUT2D eigenvalue weighted by atomic mass is 9.98. The molecular weight excluding hydrogens is 184 g/mol. The summed E-state index contributed by atoms with van der Waals surface area (Å²) in [5.74, 6) is -2.86. The largest absolute Gasteiger partial charge is 0.395 e. The Labute approximate surface area is 104 Å². The minimum atomic E-state index is -3.39. The Hall–Kier alpha value is -1.60. The molecule has 0 atom stereocenters. The highest BCUT2D eigenvalue weighted by molar-refractivity contribution is 5.78. The van der Waals surface area contributed by atoms with Gasteiger partial charge < -0.3 is 5.11 Å². The first-order valence-electron chi connectivity index (χ1n) is 9.72. The van der Waals surface area contributed by atoms with E-state index in [0.717, 1.165) is 0 Å². The van der Waals surface area contributed by atoms with Gasteiger partial charge in [-0.05, 0) is 22.3 Å². The highest BCUT2D eigenvalue weighted by Crippen LogP contribution is 2.43. The third kappa shape index (κ3) is 1.13. The number of fused-ring (bicyclic) bond motifs is 3. The van der Waals surface area contributed by atoms with E-state index in [4.69, 9.17) is 15.1 Å². The maximum atomic E-state index is 10.1. The summed E-state index contributed by atoms with van der Waals surface area (Å²) in [6.45, 7) is -3.39. The van der Waals surface area contributed by atoms with Gasteiger partial charge in [0.15, 0.2) is 0 Å². The van der Waals surface area contributed by atoms with Gasteiger partial charge in [-0.2, -0.15) is 0 Å². The molecule has 0 aromatic heterocycles. The zero-order valence-corrected chi connectivity index (χ0v) is 7.45. The third-order valence-corrected chi connectivity index (χ3v) is 2.24. The molecule has 0 spiro atoms. The molecule has 1 N–H and O–H groups in total. The molecule has 0 aliphatic heterocycles. The van der Waals surface area contributed by atoms with Crippen molar-refractivity contribution in [2.45, 2.75) is 5.89 Å². The Morgan fingerprint density at radius 2 is 1.53 bits per heavy atom. The van der Waals surface area contributed by atoms with Gasteiger partial charge in [0.25, 0.3) is 0 Å². The molecule has 1 nitrogen and oxygen atoms in total. The molecule has 0 saturated heterocycles. The summed E-state index contributed by atoms with van der Waals surface area (Å²) in [5.41, 5.74) is -2.02. The van der Waals surface area contributed by atoms with E-state index < -0.39 is 83.0 Å². The summed E-state index contributed by atoms with van der Waals surface area (Å²) in [5, 5.41) is 10.1. The van der Waals surface area contributed by atoms with E-state index in [0.29, 0.717) is 0 Å². The average Bonchev–Trinajstić information content (AvgIpc) is 2.85. The molecule has 2 aromatic carbocycles. The quantitative estimate of drug-likeness (QED) is 0.762. The van der Waals surface area contributed by atoms with Crippen LogP contribution in [0.4, 0.5) is 0 Å². The predicted octanol–water partition coefficient (Wildman–Crippen LogP) is 2.79. The van der Waals surface area contributed by atoms with E-state index in [2.05, 4.69) is 0 Å². The molecule has 74 valence electrons. The molecule has 1 aliphatic rings. The summed E-state index contributed by atoms with van der Waals surface area (Å²) in [4.78, 5) is 0. The fourth-order valence-electron chi connectivity index (χ4n) is 1.61. The molecule has 1 aliphatic carbocycles. The molecule has 0 saturated carbocycles. The van der Waals surface area contributed by atoms with Gasteiger partial charge >= 0.3 is 0 Å². The molecule has 1 heteroatoms.